The van der Waals surface area contributed by atoms with Gasteiger partial charge in [0.2, 0.25) is 5.91 Å². The number of thioether (sulfide) groups is 1. The van der Waals surface area contributed by atoms with Gasteiger partial charge in [0.1, 0.15) is 10.8 Å². The molecular weight excluding hydrogens is 310 g/mol. The molecule has 0 unspecified atom stereocenters. The molecule has 1 aliphatic rings. The van der Waals surface area contributed by atoms with Gasteiger partial charge in [0.05, 0.1) is 18.6 Å². The standard InChI is InChI=1S/C17H19N3O2S/c1-22-15-7-3-2-6-13(15)14-8-9-16(19-18-14)23-12-17(21)20-10-4-5-11-20/h2-3,6-9H,4-5,10-12H2,1H3. The van der Waals surface area contributed by atoms with Crippen LogP contribution in [0.15, 0.2) is 41.4 Å². The molecule has 5 nitrogen and oxygen atoms in total. The molecule has 1 fully saturated rings. The zero-order valence-electron chi connectivity index (χ0n) is 13.1. The van der Waals surface area contributed by atoms with Crippen LogP contribution < -0.4 is 4.74 Å². The average Bonchev–Trinajstić information content (AvgIpc) is 3.15. The Balaban J connectivity index is 1.64. The molecule has 0 spiro atoms. The van der Waals surface area contributed by atoms with Gasteiger partial charge in [0.15, 0.2) is 0 Å². The Bertz CT molecular complexity index is 670. The molecule has 1 amide bonds. The van der Waals surface area contributed by atoms with Crippen molar-refractivity contribution in [2.24, 2.45) is 0 Å². The van der Waals surface area contributed by atoms with Crippen molar-refractivity contribution in [2.75, 3.05) is 26.0 Å². The number of aromatic nitrogens is 2. The molecule has 1 aromatic heterocycles. The highest BCUT2D eigenvalue weighted by atomic mass is 32.2. The number of rotatable bonds is 5. The molecule has 0 aliphatic carbocycles. The van der Waals surface area contributed by atoms with E-state index < -0.39 is 0 Å². The Morgan fingerprint density at radius 1 is 1.17 bits per heavy atom. The Labute approximate surface area is 140 Å². The largest absolute Gasteiger partial charge is 0.496 e. The maximum absolute atomic E-state index is 12.0. The van der Waals surface area contributed by atoms with E-state index >= 15 is 0 Å². The molecule has 6 heteroatoms. The number of benzene rings is 1. The number of likely N-dealkylation sites (tertiary alicyclic amines) is 1. The molecule has 0 bridgehead atoms. The molecule has 0 N–H and O–H groups in total. The van der Waals surface area contributed by atoms with Crippen molar-refractivity contribution >= 4 is 17.7 Å². The molecule has 0 atom stereocenters. The zero-order chi connectivity index (χ0) is 16.1. The van der Waals surface area contributed by atoms with E-state index in [1.54, 1.807) is 7.11 Å². The van der Waals surface area contributed by atoms with Crippen molar-refractivity contribution in [3.8, 4) is 17.0 Å². The van der Waals surface area contributed by atoms with Crippen molar-refractivity contribution in [2.45, 2.75) is 17.9 Å². The van der Waals surface area contributed by atoms with Crippen LogP contribution in [-0.2, 0) is 4.79 Å². The number of methoxy groups -OCH3 is 1. The van der Waals surface area contributed by atoms with E-state index in [0.29, 0.717) is 5.75 Å². The summed E-state index contributed by atoms with van der Waals surface area (Å²) < 4.78 is 5.34. The molecule has 2 aromatic rings. The maximum Gasteiger partial charge on any atom is 0.232 e. The average molecular weight is 329 g/mol. The van der Waals surface area contributed by atoms with Crippen LogP contribution in [0, 0.1) is 0 Å². The van der Waals surface area contributed by atoms with E-state index in [9.17, 15) is 4.79 Å². The SMILES string of the molecule is COc1ccccc1-c1ccc(SCC(=O)N2CCCC2)nn1. The smallest absolute Gasteiger partial charge is 0.232 e. The molecule has 0 saturated carbocycles. The lowest BCUT2D eigenvalue weighted by Crippen LogP contribution is -2.29. The van der Waals surface area contributed by atoms with Crippen LogP contribution in [0.1, 0.15) is 12.8 Å². The normalized spacial score (nSPS) is 14.0. The summed E-state index contributed by atoms with van der Waals surface area (Å²) in [6, 6.07) is 11.5. The zero-order valence-corrected chi connectivity index (χ0v) is 13.9. The molecule has 3 rings (SSSR count). The van der Waals surface area contributed by atoms with Gasteiger partial charge in [-0.2, -0.15) is 0 Å². The first-order chi connectivity index (χ1) is 11.3. The number of amides is 1. The predicted octanol–water partition coefficient (Wildman–Crippen LogP) is 2.87. The van der Waals surface area contributed by atoms with Gasteiger partial charge >= 0.3 is 0 Å². The first-order valence-electron chi connectivity index (χ1n) is 7.65. The minimum Gasteiger partial charge on any atom is -0.496 e. The summed E-state index contributed by atoms with van der Waals surface area (Å²) in [4.78, 5) is 14.0. The number of hydrogen-bond donors (Lipinski definition) is 0. The second kappa shape index (κ2) is 7.46. The van der Waals surface area contributed by atoms with Gasteiger partial charge in [0, 0.05) is 18.7 Å². The fourth-order valence-electron chi connectivity index (χ4n) is 2.59. The van der Waals surface area contributed by atoms with E-state index in [2.05, 4.69) is 10.2 Å². The summed E-state index contributed by atoms with van der Waals surface area (Å²) >= 11 is 1.43. The van der Waals surface area contributed by atoms with Gasteiger partial charge in [-0.3, -0.25) is 4.79 Å². The Kier molecular flexibility index (Phi) is 5.12. The minimum atomic E-state index is 0.183. The van der Waals surface area contributed by atoms with Gasteiger partial charge in [-0.25, -0.2) is 0 Å². The Morgan fingerprint density at radius 3 is 2.65 bits per heavy atom. The van der Waals surface area contributed by atoms with Crippen LogP contribution >= 0.6 is 11.8 Å². The second-order valence-electron chi connectivity index (χ2n) is 5.33. The lowest BCUT2D eigenvalue weighted by molar-refractivity contribution is -0.127. The van der Waals surface area contributed by atoms with E-state index in [1.165, 1.54) is 11.8 Å². The van der Waals surface area contributed by atoms with Gasteiger partial charge in [-0.1, -0.05) is 23.9 Å². The van der Waals surface area contributed by atoms with Crippen LogP contribution in [0.25, 0.3) is 11.3 Å². The number of nitrogens with zero attached hydrogens (tertiary/aromatic N) is 3. The lowest BCUT2D eigenvalue weighted by atomic mass is 10.1. The highest BCUT2D eigenvalue weighted by Crippen LogP contribution is 2.28. The molecule has 1 saturated heterocycles. The fraction of sp³-hybridized carbons (Fsp3) is 0.353. The molecule has 0 radical (unpaired) electrons. The van der Waals surface area contributed by atoms with E-state index in [0.717, 1.165) is 48.0 Å². The molecular formula is C17H19N3O2S. The minimum absolute atomic E-state index is 0.183. The second-order valence-corrected chi connectivity index (χ2v) is 6.33. The topological polar surface area (TPSA) is 55.3 Å². The third-order valence-corrected chi connectivity index (χ3v) is 4.73. The van der Waals surface area contributed by atoms with Gasteiger partial charge in [0.25, 0.3) is 0 Å². The van der Waals surface area contributed by atoms with Crippen molar-refractivity contribution in [1.82, 2.24) is 15.1 Å². The molecule has 1 aliphatic heterocycles. The molecule has 23 heavy (non-hydrogen) atoms. The number of para-hydroxylation sites is 1. The van der Waals surface area contributed by atoms with Gasteiger partial charge in [-0.15, -0.1) is 10.2 Å². The number of hydrogen-bond acceptors (Lipinski definition) is 5. The Morgan fingerprint density at radius 2 is 1.96 bits per heavy atom. The van der Waals surface area contributed by atoms with Crippen LogP contribution in [0.3, 0.4) is 0 Å². The molecule has 120 valence electrons. The molecule has 2 heterocycles. The van der Waals surface area contributed by atoms with Crippen LogP contribution in [0.2, 0.25) is 0 Å². The maximum atomic E-state index is 12.0. The summed E-state index contributed by atoms with van der Waals surface area (Å²) in [6.07, 6.45) is 2.23. The summed E-state index contributed by atoms with van der Waals surface area (Å²) in [5.41, 5.74) is 1.67. The van der Waals surface area contributed by atoms with E-state index in [-0.39, 0.29) is 5.91 Å². The predicted molar refractivity (Wildman–Crippen MR) is 90.6 cm³/mol. The summed E-state index contributed by atoms with van der Waals surface area (Å²) in [7, 11) is 1.64. The van der Waals surface area contributed by atoms with Crippen molar-refractivity contribution in [3.63, 3.8) is 0 Å². The third kappa shape index (κ3) is 3.82. The number of carbonyl (C=O) groups excluding carboxylic acids is 1. The van der Waals surface area contributed by atoms with Gasteiger partial charge in [-0.05, 0) is 37.1 Å². The summed E-state index contributed by atoms with van der Waals surface area (Å²) in [5, 5.41) is 9.23. The lowest BCUT2D eigenvalue weighted by Gasteiger charge is -2.14. The summed E-state index contributed by atoms with van der Waals surface area (Å²) in [6.45, 7) is 1.77. The van der Waals surface area contributed by atoms with Crippen LogP contribution in [-0.4, -0.2) is 47.0 Å². The monoisotopic (exact) mass is 329 g/mol. The third-order valence-electron chi connectivity index (χ3n) is 3.83. The van der Waals surface area contributed by atoms with Crippen LogP contribution in [0.4, 0.5) is 0 Å². The fourth-order valence-corrected chi connectivity index (χ4v) is 3.31. The van der Waals surface area contributed by atoms with E-state index in [1.807, 2.05) is 41.3 Å². The first-order valence-corrected chi connectivity index (χ1v) is 8.64. The highest BCUT2D eigenvalue weighted by molar-refractivity contribution is 7.99. The van der Waals surface area contributed by atoms with Crippen molar-refractivity contribution < 1.29 is 9.53 Å². The van der Waals surface area contributed by atoms with Crippen LogP contribution in [0.5, 0.6) is 5.75 Å². The summed E-state index contributed by atoms with van der Waals surface area (Å²) in [5.74, 6) is 1.37. The number of carbonyl (C=O) groups is 1. The van der Waals surface area contributed by atoms with Gasteiger partial charge < -0.3 is 9.64 Å². The quantitative estimate of drug-likeness (QED) is 0.790. The van der Waals surface area contributed by atoms with Crippen molar-refractivity contribution in [1.29, 1.82) is 0 Å². The van der Waals surface area contributed by atoms with E-state index in [4.69, 9.17) is 4.74 Å². The highest BCUT2D eigenvalue weighted by Gasteiger charge is 2.18. The van der Waals surface area contributed by atoms with Crippen molar-refractivity contribution in [3.05, 3.63) is 36.4 Å². The number of ether oxygens (including phenoxy) is 1. The molecule has 1 aromatic carbocycles. The Hall–Kier alpha value is -2.08. The first kappa shape index (κ1) is 15.8.